The molecule has 0 spiro atoms. The van der Waals surface area contributed by atoms with Crippen molar-refractivity contribution in [1.29, 1.82) is 0 Å². The molecule has 0 aliphatic heterocycles. The fraction of sp³-hybridized carbons (Fsp3) is 0.500. The Morgan fingerprint density at radius 1 is 1.36 bits per heavy atom. The first kappa shape index (κ1) is 16.3. The number of hydrogen-bond acceptors (Lipinski definition) is 4. The van der Waals surface area contributed by atoms with Crippen LogP contribution in [0.5, 0.6) is 0 Å². The van der Waals surface area contributed by atoms with Gasteiger partial charge in [-0.25, -0.2) is 4.98 Å². The Kier molecular flexibility index (Phi) is 5.38. The highest BCUT2D eigenvalue weighted by Gasteiger charge is 2.14. The van der Waals surface area contributed by atoms with Crippen molar-refractivity contribution in [2.45, 2.75) is 45.9 Å². The van der Waals surface area contributed by atoms with Gasteiger partial charge in [-0.2, -0.15) is 0 Å². The quantitative estimate of drug-likeness (QED) is 0.728. The van der Waals surface area contributed by atoms with E-state index in [0.29, 0.717) is 12.5 Å². The predicted molar refractivity (Wildman–Crippen MR) is 87.8 cm³/mol. The molecule has 6 nitrogen and oxygen atoms in total. The maximum absolute atomic E-state index is 12.2. The second kappa shape index (κ2) is 7.26. The third kappa shape index (κ3) is 3.98. The number of nitrogens with zero attached hydrogens (tertiary/aromatic N) is 2. The Hall–Kier alpha value is -2.08. The molecule has 2 aromatic rings. The van der Waals surface area contributed by atoms with E-state index in [0.717, 1.165) is 17.5 Å². The van der Waals surface area contributed by atoms with Gasteiger partial charge < -0.3 is 20.3 Å². The molecule has 1 heterocycles. The number of amides is 1. The maximum atomic E-state index is 12.2. The Morgan fingerprint density at radius 2 is 2.09 bits per heavy atom. The molecule has 2 unspecified atom stereocenters. The molecule has 1 aromatic carbocycles. The van der Waals surface area contributed by atoms with Gasteiger partial charge in [-0.3, -0.25) is 4.79 Å². The molecule has 2 rings (SSSR count). The first-order valence-electron chi connectivity index (χ1n) is 7.67. The maximum Gasteiger partial charge on any atom is 0.240 e. The SMILES string of the molecule is CCC(C)NC(=O)Cn1c(NCC(C)O)nc2ccccc21. The molecule has 0 bridgehead atoms. The first-order valence-corrected chi connectivity index (χ1v) is 7.67. The molecule has 0 saturated heterocycles. The van der Waals surface area contributed by atoms with E-state index in [1.807, 2.05) is 42.7 Å². The monoisotopic (exact) mass is 304 g/mol. The molecule has 22 heavy (non-hydrogen) atoms. The zero-order valence-corrected chi connectivity index (χ0v) is 13.3. The zero-order chi connectivity index (χ0) is 16.1. The number of carbonyl (C=O) groups excluding carboxylic acids is 1. The summed E-state index contributed by atoms with van der Waals surface area (Å²) in [5.41, 5.74) is 1.72. The highest BCUT2D eigenvalue weighted by molar-refractivity contribution is 5.83. The van der Waals surface area contributed by atoms with E-state index in [-0.39, 0.29) is 18.5 Å². The molecule has 0 aliphatic carbocycles. The molecular weight excluding hydrogens is 280 g/mol. The minimum Gasteiger partial charge on any atom is -0.392 e. The lowest BCUT2D eigenvalue weighted by Gasteiger charge is -2.14. The largest absolute Gasteiger partial charge is 0.392 e. The Morgan fingerprint density at radius 3 is 2.77 bits per heavy atom. The average Bonchev–Trinajstić information content (AvgIpc) is 2.83. The molecular formula is C16H24N4O2. The van der Waals surface area contributed by atoms with Crippen molar-refractivity contribution in [2.75, 3.05) is 11.9 Å². The van der Waals surface area contributed by atoms with E-state index in [1.165, 1.54) is 0 Å². The fourth-order valence-electron chi connectivity index (χ4n) is 2.18. The highest BCUT2D eigenvalue weighted by Crippen LogP contribution is 2.19. The molecule has 0 saturated carbocycles. The van der Waals surface area contributed by atoms with E-state index < -0.39 is 6.10 Å². The lowest BCUT2D eigenvalue weighted by Crippen LogP contribution is -2.35. The smallest absolute Gasteiger partial charge is 0.240 e. The number of benzene rings is 1. The number of fused-ring (bicyclic) bond motifs is 1. The number of rotatable bonds is 7. The van der Waals surface area contributed by atoms with Gasteiger partial charge in [-0.05, 0) is 32.4 Å². The van der Waals surface area contributed by atoms with Crippen molar-refractivity contribution in [3.8, 4) is 0 Å². The summed E-state index contributed by atoms with van der Waals surface area (Å²) in [6.07, 6.45) is 0.408. The topological polar surface area (TPSA) is 79.2 Å². The van der Waals surface area contributed by atoms with Gasteiger partial charge in [0.1, 0.15) is 6.54 Å². The van der Waals surface area contributed by atoms with Crippen LogP contribution in [0.2, 0.25) is 0 Å². The third-order valence-corrected chi connectivity index (χ3v) is 3.53. The standard InChI is InChI=1S/C16H24N4O2/c1-4-11(2)18-15(22)10-20-14-8-6-5-7-13(14)19-16(20)17-9-12(3)21/h5-8,11-12,21H,4,9-10H2,1-3H3,(H,17,19)(H,18,22). The number of anilines is 1. The number of nitrogens with one attached hydrogen (secondary N) is 2. The lowest BCUT2D eigenvalue weighted by atomic mass is 10.2. The van der Waals surface area contributed by atoms with Crippen molar-refractivity contribution in [3.63, 3.8) is 0 Å². The summed E-state index contributed by atoms with van der Waals surface area (Å²) in [5.74, 6) is 0.555. The molecule has 120 valence electrons. The van der Waals surface area contributed by atoms with Crippen molar-refractivity contribution < 1.29 is 9.90 Å². The third-order valence-electron chi connectivity index (χ3n) is 3.53. The van der Waals surface area contributed by atoms with Gasteiger partial charge in [0, 0.05) is 12.6 Å². The number of aliphatic hydroxyl groups excluding tert-OH is 1. The summed E-state index contributed by atoms with van der Waals surface area (Å²) >= 11 is 0. The van der Waals surface area contributed by atoms with Crippen LogP contribution < -0.4 is 10.6 Å². The second-order valence-corrected chi connectivity index (χ2v) is 5.62. The Labute approximate surface area is 130 Å². The van der Waals surface area contributed by atoms with E-state index in [4.69, 9.17) is 0 Å². The molecule has 0 fully saturated rings. The number of imidazole rings is 1. The van der Waals surface area contributed by atoms with Crippen LogP contribution in [0.25, 0.3) is 11.0 Å². The van der Waals surface area contributed by atoms with E-state index in [2.05, 4.69) is 15.6 Å². The van der Waals surface area contributed by atoms with Crippen LogP contribution in [0.4, 0.5) is 5.95 Å². The van der Waals surface area contributed by atoms with Gasteiger partial charge in [0.15, 0.2) is 0 Å². The average molecular weight is 304 g/mol. The lowest BCUT2D eigenvalue weighted by molar-refractivity contribution is -0.122. The second-order valence-electron chi connectivity index (χ2n) is 5.62. The number of hydrogen-bond donors (Lipinski definition) is 3. The summed E-state index contributed by atoms with van der Waals surface area (Å²) in [7, 11) is 0. The molecule has 6 heteroatoms. The van der Waals surface area contributed by atoms with Gasteiger partial charge in [0.05, 0.1) is 17.1 Å². The molecule has 1 aromatic heterocycles. The van der Waals surface area contributed by atoms with E-state index in [9.17, 15) is 9.90 Å². The van der Waals surface area contributed by atoms with Crippen molar-refractivity contribution in [3.05, 3.63) is 24.3 Å². The number of aliphatic hydroxyl groups is 1. The summed E-state index contributed by atoms with van der Waals surface area (Å²) in [6.45, 7) is 6.31. The van der Waals surface area contributed by atoms with Crippen LogP contribution in [0.1, 0.15) is 27.2 Å². The number of carbonyl (C=O) groups is 1. The number of aromatic nitrogens is 2. The predicted octanol–water partition coefficient (Wildman–Crippen LogP) is 1.74. The van der Waals surface area contributed by atoms with Crippen molar-refractivity contribution >= 4 is 22.9 Å². The van der Waals surface area contributed by atoms with Gasteiger partial charge >= 0.3 is 0 Å². The van der Waals surface area contributed by atoms with Crippen LogP contribution >= 0.6 is 0 Å². The molecule has 1 amide bonds. The van der Waals surface area contributed by atoms with E-state index in [1.54, 1.807) is 6.92 Å². The van der Waals surface area contributed by atoms with E-state index >= 15 is 0 Å². The van der Waals surface area contributed by atoms with Crippen LogP contribution in [0.3, 0.4) is 0 Å². The van der Waals surface area contributed by atoms with Crippen LogP contribution in [0, 0.1) is 0 Å². The van der Waals surface area contributed by atoms with Crippen LogP contribution in [-0.2, 0) is 11.3 Å². The van der Waals surface area contributed by atoms with Crippen LogP contribution in [0.15, 0.2) is 24.3 Å². The highest BCUT2D eigenvalue weighted by atomic mass is 16.3. The first-order chi connectivity index (χ1) is 10.5. The molecule has 0 aliphatic rings. The molecule has 2 atom stereocenters. The summed E-state index contributed by atoms with van der Waals surface area (Å²) in [6, 6.07) is 7.83. The van der Waals surface area contributed by atoms with Gasteiger partial charge in [-0.1, -0.05) is 19.1 Å². The summed E-state index contributed by atoms with van der Waals surface area (Å²) < 4.78 is 1.84. The van der Waals surface area contributed by atoms with Crippen molar-refractivity contribution in [1.82, 2.24) is 14.9 Å². The minimum atomic E-state index is -0.484. The van der Waals surface area contributed by atoms with Crippen LogP contribution in [-0.4, -0.2) is 39.3 Å². The van der Waals surface area contributed by atoms with Gasteiger partial charge in [-0.15, -0.1) is 0 Å². The fourth-order valence-corrected chi connectivity index (χ4v) is 2.18. The normalized spacial score (nSPS) is 13.8. The van der Waals surface area contributed by atoms with Crippen molar-refractivity contribution in [2.24, 2.45) is 0 Å². The Balaban J connectivity index is 2.24. The Bertz CT molecular complexity index is 636. The summed E-state index contributed by atoms with van der Waals surface area (Å²) in [4.78, 5) is 16.7. The zero-order valence-electron chi connectivity index (χ0n) is 13.3. The van der Waals surface area contributed by atoms with Gasteiger partial charge in [0.2, 0.25) is 11.9 Å². The molecule has 0 radical (unpaired) electrons. The minimum absolute atomic E-state index is 0.0439. The van der Waals surface area contributed by atoms with Gasteiger partial charge in [0.25, 0.3) is 0 Å². The number of para-hydroxylation sites is 2. The molecule has 3 N–H and O–H groups in total. The summed E-state index contributed by atoms with van der Waals surface area (Å²) in [5, 5.41) is 15.5.